The predicted molar refractivity (Wildman–Crippen MR) is 66.3 cm³/mol. The van der Waals surface area contributed by atoms with E-state index in [2.05, 4.69) is 12.2 Å². The standard InChI is InChI=1S/C12H23N3O2/c1-9(14-12(17)7-13)3-5-11-6-4-10(2)15(11)8-16/h8-11H,3-7,13H2,1-2H3,(H,14,17). The van der Waals surface area contributed by atoms with Gasteiger partial charge in [0.15, 0.2) is 0 Å². The Labute approximate surface area is 103 Å². The van der Waals surface area contributed by atoms with E-state index in [0.717, 1.165) is 32.1 Å². The number of likely N-dealkylation sites (tertiary alicyclic amines) is 1. The largest absolute Gasteiger partial charge is 0.353 e. The van der Waals surface area contributed by atoms with Crippen LogP contribution in [-0.4, -0.2) is 41.9 Å². The summed E-state index contributed by atoms with van der Waals surface area (Å²) in [5.74, 6) is -0.121. The summed E-state index contributed by atoms with van der Waals surface area (Å²) in [6.07, 6.45) is 4.92. The minimum atomic E-state index is -0.121. The lowest BCUT2D eigenvalue weighted by Gasteiger charge is -2.25. The van der Waals surface area contributed by atoms with Gasteiger partial charge in [0, 0.05) is 18.1 Å². The van der Waals surface area contributed by atoms with Crippen LogP contribution in [0.3, 0.4) is 0 Å². The molecule has 1 heterocycles. The highest BCUT2D eigenvalue weighted by molar-refractivity contribution is 5.77. The highest BCUT2D eigenvalue weighted by Crippen LogP contribution is 2.25. The first-order valence-corrected chi connectivity index (χ1v) is 6.30. The Hall–Kier alpha value is -1.10. The van der Waals surface area contributed by atoms with Crippen LogP contribution in [-0.2, 0) is 9.59 Å². The molecule has 98 valence electrons. The maximum atomic E-state index is 11.1. The Morgan fingerprint density at radius 1 is 1.59 bits per heavy atom. The fourth-order valence-electron chi connectivity index (χ4n) is 2.42. The van der Waals surface area contributed by atoms with Gasteiger partial charge in [0.25, 0.3) is 0 Å². The average Bonchev–Trinajstić information content (AvgIpc) is 2.66. The Balaban J connectivity index is 2.30. The summed E-state index contributed by atoms with van der Waals surface area (Å²) in [5, 5.41) is 2.83. The minimum Gasteiger partial charge on any atom is -0.353 e. The molecule has 0 aromatic rings. The number of nitrogens with one attached hydrogen (secondary N) is 1. The van der Waals surface area contributed by atoms with Crippen molar-refractivity contribution in [2.24, 2.45) is 5.73 Å². The summed E-state index contributed by atoms with van der Waals surface area (Å²) in [7, 11) is 0. The topological polar surface area (TPSA) is 75.4 Å². The molecule has 3 N–H and O–H groups in total. The maximum absolute atomic E-state index is 11.1. The van der Waals surface area contributed by atoms with Crippen LogP contribution in [0, 0.1) is 0 Å². The van der Waals surface area contributed by atoms with Crippen LogP contribution in [0.15, 0.2) is 0 Å². The molecule has 1 aliphatic heterocycles. The van der Waals surface area contributed by atoms with Crippen LogP contribution in [0.2, 0.25) is 0 Å². The van der Waals surface area contributed by atoms with Gasteiger partial charge in [-0.25, -0.2) is 0 Å². The summed E-state index contributed by atoms with van der Waals surface area (Å²) in [6.45, 7) is 4.08. The molecule has 0 radical (unpaired) electrons. The first-order valence-electron chi connectivity index (χ1n) is 6.30. The third-order valence-electron chi connectivity index (χ3n) is 3.50. The van der Waals surface area contributed by atoms with E-state index < -0.39 is 0 Å². The Bertz CT molecular complexity index is 270. The minimum absolute atomic E-state index is 0.0330. The molecule has 0 aromatic heterocycles. The highest BCUT2D eigenvalue weighted by atomic mass is 16.2. The molecule has 2 amide bonds. The van der Waals surface area contributed by atoms with Crippen LogP contribution < -0.4 is 11.1 Å². The van der Waals surface area contributed by atoms with E-state index in [0.29, 0.717) is 12.1 Å². The fraction of sp³-hybridized carbons (Fsp3) is 0.833. The lowest BCUT2D eigenvalue weighted by Crippen LogP contribution is -2.39. The molecule has 0 spiro atoms. The van der Waals surface area contributed by atoms with Gasteiger partial charge in [0.2, 0.25) is 12.3 Å². The normalized spacial score (nSPS) is 25.7. The second-order valence-electron chi connectivity index (χ2n) is 4.88. The van der Waals surface area contributed by atoms with Gasteiger partial charge in [0.1, 0.15) is 0 Å². The molecular weight excluding hydrogens is 218 g/mol. The van der Waals surface area contributed by atoms with Crippen molar-refractivity contribution in [2.75, 3.05) is 6.54 Å². The van der Waals surface area contributed by atoms with E-state index in [4.69, 9.17) is 5.73 Å². The summed E-state index contributed by atoms with van der Waals surface area (Å²) >= 11 is 0. The van der Waals surface area contributed by atoms with Crippen LogP contribution in [0.1, 0.15) is 39.5 Å². The van der Waals surface area contributed by atoms with Gasteiger partial charge in [-0.1, -0.05) is 0 Å². The zero-order valence-electron chi connectivity index (χ0n) is 10.7. The molecule has 3 unspecified atom stereocenters. The number of carbonyl (C=O) groups excluding carboxylic acids is 2. The van der Waals surface area contributed by atoms with Crippen LogP contribution in [0.5, 0.6) is 0 Å². The fourth-order valence-corrected chi connectivity index (χ4v) is 2.42. The number of nitrogens with zero attached hydrogens (tertiary/aromatic N) is 1. The highest BCUT2D eigenvalue weighted by Gasteiger charge is 2.29. The molecule has 0 aromatic carbocycles. The van der Waals surface area contributed by atoms with E-state index in [9.17, 15) is 9.59 Å². The Morgan fingerprint density at radius 2 is 2.29 bits per heavy atom. The predicted octanol–water partition coefficient (Wildman–Crippen LogP) is 0.239. The van der Waals surface area contributed by atoms with Crippen LogP contribution in [0.25, 0.3) is 0 Å². The van der Waals surface area contributed by atoms with Crippen molar-refractivity contribution < 1.29 is 9.59 Å². The maximum Gasteiger partial charge on any atom is 0.233 e. The molecule has 5 heteroatoms. The second kappa shape index (κ2) is 6.59. The summed E-state index contributed by atoms with van der Waals surface area (Å²) < 4.78 is 0. The first-order chi connectivity index (χ1) is 8.08. The molecule has 0 aliphatic carbocycles. The van der Waals surface area contributed by atoms with E-state index in [1.807, 2.05) is 11.8 Å². The zero-order chi connectivity index (χ0) is 12.8. The van der Waals surface area contributed by atoms with Crippen molar-refractivity contribution in [3.8, 4) is 0 Å². The summed E-state index contributed by atoms with van der Waals surface area (Å²) in [5.41, 5.74) is 5.23. The van der Waals surface area contributed by atoms with Gasteiger partial charge in [-0.05, 0) is 39.5 Å². The van der Waals surface area contributed by atoms with Crippen molar-refractivity contribution in [1.29, 1.82) is 0 Å². The van der Waals surface area contributed by atoms with Crippen molar-refractivity contribution in [3.05, 3.63) is 0 Å². The van der Waals surface area contributed by atoms with Gasteiger partial charge >= 0.3 is 0 Å². The monoisotopic (exact) mass is 241 g/mol. The smallest absolute Gasteiger partial charge is 0.233 e. The number of rotatable bonds is 6. The number of nitrogens with two attached hydrogens (primary N) is 1. The van der Waals surface area contributed by atoms with Gasteiger partial charge in [-0.2, -0.15) is 0 Å². The third-order valence-corrected chi connectivity index (χ3v) is 3.50. The van der Waals surface area contributed by atoms with Crippen molar-refractivity contribution in [2.45, 2.75) is 57.7 Å². The van der Waals surface area contributed by atoms with Crippen LogP contribution in [0.4, 0.5) is 0 Å². The Kier molecular flexibility index (Phi) is 5.41. The summed E-state index contributed by atoms with van der Waals surface area (Å²) in [4.78, 5) is 23.9. The molecule has 1 fully saturated rings. The van der Waals surface area contributed by atoms with E-state index in [-0.39, 0.29) is 18.5 Å². The molecule has 1 aliphatic rings. The zero-order valence-corrected chi connectivity index (χ0v) is 10.7. The molecule has 5 nitrogen and oxygen atoms in total. The molecule has 3 atom stereocenters. The molecule has 1 rings (SSSR count). The number of hydrogen-bond acceptors (Lipinski definition) is 3. The van der Waals surface area contributed by atoms with Gasteiger partial charge in [-0.3, -0.25) is 9.59 Å². The van der Waals surface area contributed by atoms with Crippen molar-refractivity contribution in [1.82, 2.24) is 10.2 Å². The van der Waals surface area contributed by atoms with Crippen LogP contribution >= 0.6 is 0 Å². The average molecular weight is 241 g/mol. The molecule has 0 bridgehead atoms. The molecular formula is C12H23N3O2. The second-order valence-corrected chi connectivity index (χ2v) is 4.88. The number of amides is 2. The van der Waals surface area contributed by atoms with E-state index >= 15 is 0 Å². The van der Waals surface area contributed by atoms with Gasteiger partial charge < -0.3 is 16.0 Å². The number of carbonyl (C=O) groups is 2. The quantitative estimate of drug-likeness (QED) is 0.654. The lowest BCUT2D eigenvalue weighted by atomic mass is 10.1. The van der Waals surface area contributed by atoms with Crippen molar-refractivity contribution in [3.63, 3.8) is 0 Å². The van der Waals surface area contributed by atoms with Gasteiger partial charge in [0.05, 0.1) is 6.54 Å². The molecule has 0 saturated carbocycles. The number of hydrogen-bond donors (Lipinski definition) is 2. The van der Waals surface area contributed by atoms with E-state index in [1.165, 1.54) is 0 Å². The molecule has 1 saturated heterocycles. The first kappa shape index (κ1) is 14.0. The lowest BCUT2D eigenvalue weighted by molar-refractivity contribution is -0.121. The van der Waals surface area contributed by atoms with E-state index in [1.54, 1.807) is 0 Å². The third kappa shape index (κ3) is 4.00. The van der Waals surface area contributed by atoms with Gasteiger partial charge in [-0.15, -0.1) is 0 Å². The molecule has 17 heavy (non-hydrogen) atoms. The Morgan fingerprint density at radius 3 is 2.88 bits per heavy atom. The SMILES string of the molecule is CC(CCC1CCC(C)N1C=O)NC(=O)CN. The summed E-state index contributed by atoms with van der Waals surface area (Å²) in [6, 6.07) is 0.807. The van der Waals surface area contributed by atoms with Crippen molar-refractivity contribution >= 4 is 12.3 Å².